The third-order valence-corrected chi connectivity index (χ3v) is 8.90. The number of aliphatic hydroxyl groups excluding tert-OH is 1. The minimum Gasteiger partial charge on any atom is -0.681 e. The molecule has 6 rings (SSSR count). The summed E-state index contributed by atoms with van der Waals surface area (Å²) in [6.45, 7) is 13.9. The predicted octanol–water partition coefficient (Wildman–Crippen LogP) is 1.38. The van der Waals surface area contributed by atoms with Gasteiger partial charge >= 0.3 is 29.0 Å². The molecule has 2 aliphatic heterocycles. The van der Waals surface area contributed by atoms with Gasteiger partial charge in [0.2, 0.25) is 0 Å². The van der Waals surface area contributed by atoms with Crippen LogP contribution in [0.25, 0.3) is 41.5 Å². The molecule has 3 aromatic heterocycles. The number of aliphatic hydroxyl groups is 1. The number of nitrogens with zero attached hydrogens (tertiary/aromatic N) is 4. The van der Waals surface area contributed by atoms with Crippen LogP contribution in [-0.4, -0.2) is 51.1 Å². The van der Waals surface area contributed by atoms with Crippen LogP contribution in [0, 0.1) is 31.6 Å². The van der Waals surface area contributed by atoms with E-state index in [9.17, 15) is 19.8 Å². The van der Waals surface area contributed by atoms with Crippen molar-refractivity contribution in [3.05, 3.63) is 83.8 Å². The van der Waals surface area contributed by atoms with Gasteiger partial charge in [0.25, 0.3) is 0 Å². The first kappa shape index (κ1) is 28.8. The number of carbonyl (C=O) groups is 2. The Balaban J connectivity index is 0.00000337. The summed E-state index contributed by atoms with van der Waals surface area (Å²) in [6.07, 6.45) is 9.05. The Bertz CT molecular complexity index is 1920. The third-order valence-electron chi connectivity index (χ3n) is 8.90. The van der Waals surface area contributed by atoms with Crippen molar-refractivity contribution in [3.63, 3.8) is 0 Å². The van der Waals surface area contributed by atoms with Crippen molar-refractivity contribution in [1.82, 2.24) is 15.0 Å². The van der Waals surface area contributed by atoms with Crippen molar-refractivity contribution in [2.75, 3.05) is 0 Å². The Morgan fingerprint density at radius 1 is 1.02 bits per heavy atom. The first-order chi connectivity index (χ1) is 19.1. The summed E-state index contributed by atoms with van der Waals surface area (Å²) >= 11 is 0. The van der Waals surface area contributed by atoms with Crippen molar-refractivity contribution in [3.8, 4) is 0 Å². The van der Waals surface area contributed by atoms with Crippen LogP contribution in [0.4, 0.5) is 0 Å². The van der Waals surface area contributed by atoms with Crippen molar-refractivity contribution in [1.29, 1.82) is 0 Å². The molecule has 1 aliphatic carbocycles. The number of carboxylic acids is 1. The van der Waals surface area contributed by atoms with Gasteiger partial charge < -0.3 is 30.5 Å². The molecule has 1 saturated heterocycles. The predicted molar refractivity (Wildman–Crippen MR) is 159 cm³/mol. The minimum absolute atomic E-state index is 0. The maximum absolute atomic E-state index is 13.6. The molecular weight excluding hydrogens is 529 g/mol. The number of fused-ring (bicyclic) bond motifs is 8. The molecule has 8 nitrogen and oxygen atoms in total. The van der Waals surface area contributed by atoms with E-state index in [0.717, 1.165) is 34.3 Å². The number of hydrogen-bond acceptors (Lipinski definition) is 3. The van der Waals surface area contributed by atoms with Gasteiger partial charge in [0.1, 0.15) is 5.92 Å². The van der Waals surface area contributed by atoms with Crippen LogP contribution >= 0.6 is 0 Å². The molecule has 0 spiro atoms. The van der Waals surface area contributed by atoms with Crippen LogP contribution < -0.4 is 36.2 Å². The Kier molecular flexibility index (Phi) is 7.24. The van der Waals surface area contributed by atoms with Gasteiger partial charge in [-0.3, -0.25) is 9.59 Å². The molecule has 0 saturated carbocycles. The van der Waals surface area contributed by atoms with E-state index in [1.807, 2.05) is 39.0 Å². The molecule has 41 heavy (non-hydrogen) atoms. The third kappa shape index (κ3) is 4.08. The summed E-state index contributed by atoms with van der Waals surface area (Å²) in [7, 11) is 0. The van der Waals surface area contributed by atoms with Crippen molar-refractivity contribution in [2.45, 2.75) is 47.1 Å². The van der Waals surface area contributed by atoms with Crippen LogP contribution in [-0.2, 0) is 11.2 Å². The molecule has 0 aromatic carbocycles. The zero-order valence-electron chi connectivity index (χ0n) is 23.8. The number of carboxylic acid groups (broad SMARTS) is 1. The summed E-state index contributed by atoms with van der Waals surface area (Å²) in [4.78, 5) is 40.6. The Morgan fingerprint density at radius 3 is 2.37 bits per heavy atom. The molecule has 4 atom stereocenters. The molecule has 3 aliphatic rings. The summed E-state index contributed by atoms with van der Waals surface area (Å²) in [5.74, 6) is -3.00. The number of hydrogen-bond donors (Lipinski definition) is 2. The van der Waals surface area contributed by atoms with E-state index < -0.39 is 23.7 Å². The fourth-order valence-electron chi connectivity index (χ4n) is 6.46. The SMILES string of the molecule is C=Cc1c2[n-]c(c1C)/C=C1\[N-]C(C3=c4[n-]/c(c(C)c4C(=O)[C@@H]3C(=O)O)=C\c3[n-]c(/c(=C\O)c3CC)=C\2)[C@@H](C)[C@@H]1C.[Mg+2]. The molecule has 5 heterocycles. The Hall–Kier alpha value is -3.69. The van der Waals surface area contributed by atoms with E-state index >= 15 is 0 Å². The van der Waals surface area contributed by atoms with Gasteiger partial charge in [-0.2, -0.15) is 5.70 Å². The average Bonchev–Trinajstić information content (AvgIpc) is 3.65. The van der Waals surface area contributed by atoms with Crippen LogP contribution in [0.15, 0.2) is 12.3 Å². The summed E-state index contributed by atoms with van der Waals surface area (Å²) in [5, 5.41) is 27.5. The van der Waals surface area contributed by atoms with Gasteiger partial charge in [0, 0.05) is 5.56 Å². The van der Waals surface area contributed by atoms with Crippen molar-refractivity contribution < 1.29 is 19.8 Å². The molecule has 8 bridgehead atoms. The van der Waals surface area contributed by atoms with Crippen LogP contribution in [0.2, 0.25) is 0 Å². The van der Waals surface area contributed by atoms with E-state index in [1.165, 1.54) is 0 Å². The van der Waals surface area contributed by atoms with E-state index in [1.54, 1.807) is 13.0 Å². The molecule has 9 heteroatoms. The van der Waals surface area contributed by atoms with Gasteiger partial charge in [-0.15, -0.1) is 33.1 Å². The molecule has 2 N–H and O–H groups in total. The first-order valence-corrected chi connectivity index (χ1v) is 13.5. The van der Waals surface area contributed by atoms with E-state index in [4.69, 9.17) is 20.3 Å². The van der Waals surface area contributed by atoms with Gasteiger partial charge in [0.15, 0.2) is 5.78 Å². The average molecular weight is 559 g/mol. The molecule has 0 amide bonds. The number of carbonyl (C=O) groups excluding carboxylic acids is 1. The number of aliphatic carboxylic acids is 1. The second-order valence-corrected chi connectivity index (χ2v) is 10.9. The maximum Gasteiger partial charge on any atom is 2.00 e. The molecule has 3 aromatic rings. The van der Waals surface area contributed by atoms with E-state index in [0.29, 0.717) is 55.8 Å². The second-order valence-electron chi connectivity index (χ2n) is 10.9. The maximum atomic E-state index is 13.6. The number of aromatic nitrogens is 3. The minimum atomic E-state index is -1.32. The number of ketones is 1. The molecular formula is C32H30MgN4O4-2. The largest absolute Gasteiger partial charge is 2.00 e. The Morgan fingerprint density at radius 2 is 1.73 bits per heavy atom. The number of rotatable bonds is 3. The number of Topliss-reactive ketones (excluding diaryl/α,β-unsaturated/α-hetero) is 1. The van der Waals surface area contributed by atoms with Crippen LogP contribution in [0.1, 0.15) is 70.5 Å². The summed E-state index contributed by atoms with van der Waals surface area (Å²) < 4.78 is 0. The van der Waals surface area contributed by atoms with Crippen LogP contribution in [0.5, 0.6) is 0 Å². The normalized spacial score (nSPS) is 25.9. The summed E-state index contributed by atoms with van der Waals surface area (Å²) in [5.41, 5.74) is 6.92. The fraction of sp³-hybridized carbons (Fsp3) is 0.312. The Labute approximate surface area is 253 Å². The molecule has 0 radical (unpaired) electrons. The standard InChI is InChI=1S/C32H30N4O4.Mg/c1-7-17-15(5)21-9-20-13(3)14(4)29(35-20)27-28(32(39)40)31(38)26-16(6)22(36-30(26)27)10-24-18(8-2)19(12-37)25(34-24)11-23(17)33-21;/h7,9-14,28-29H,1,8H2,2-6H3,(H,37,38)(H,39,40);/q-4;+2/b20-9-,25-11-;/t13-,14-,28+,29?;/m0./s1. The van der Waals surface area contributed by atoms with Gasteiger partial charge in [-0.1, -0.05) is 80.0 Å². The summed E-state index contributed by atoms with van der Waals surface area (Å²) in [6, 6.07) is -0.506. The topological polar surface area (TPSA) is 131 Å². The molecule has 1 fully saturated rings. The monoisotopic (exact) mass is 558 g/mol. The van der Waals surface area contributed by atoms with Gasteiger partial charge in [0.05, 0.1) is 6.26 Å². The van der Waals surface area contributed by atoms with Crippen molar-refractivity contribution in [2.24, 2.45) is 17.8 Å². The van der Waals surface area contributed by atoms with E-state index in [-0.39, 0.29) is 34.9 Å². The molecule has 1 unspecified atom stereocenters. The van der Waals surface area contributed by atoms with E-state index in [2.05, 4.69) is 13.5 Å². The van der Waals surface area contributed by atoms with Gasteiger partial charge in [-0.25, -0.2) is 0 Å². The van der Waals surface area contributed by atoms with Crippen LogP contribution in [0.3, 0.4) is 0 Å². The second kappa shape index (κ2) is 10.3. The van der Waals surface area contributed by atoms with Gasteiger partial charge in [-0.05, 0) is 42.9 Å². The quantitative estimate of drug-likeness (QED) is 0.367. The zero-order chi connectivity index (χ0) is 28.6. The molecule has 206 valence electrons. The smallest absolute Gasteiger partial charge is 0.681 e. The fourth-order valence-corrected chi connectivity index (χ4v) is 6.46. The first-order valence-electron chi connectivity index (χ1n) is 13.5. The van der Waals surface area contributed by atoms with Crippen molar-refractivity contribution >= 4 is 70.9 Å². The number of allylic oxidation sites excluding steroid dienone is 1. The zero-order valence-corrected chi connectivity index (χ0v) is 25.2.